The molecule has 0 aliphatic carbocycles. The van der Waals surface area contributed by atoms with Crippen LogP contribution < -0.4 is 10.3 Å². The highest BCUT2D eigenvalue weighted by atomic mass is 32.1. The smallest absolute Gasteiger partial charge is 0.387 e. The van der Waals surface area contributed by atoms with Crippen LogP contribution in [-0.2, 0) is 18.3 Å². The Morgan fingerprint density at radius 2 is 1.91 bits per heavy atom. The fourth-order valence-corrected chi connectivity index (χ4v) is 4.22. The number of hydrogen-bond acceptors (Lipinski definition) is 5. The summed E-state index contributed by atoms with van der Waals surface area (Å²) in [5.41, 5.74) is 1.18. The maximum Gasteiger partial charge on any atom is 0.387 e. The van der Waals surface area contributed by atoms with E-state index in [0.29, 0.717) is 53.3 Å². The standard InChI is InChI=1S/C23H23F2N3O4S/c1-26-22(30)17-7-6-15(19(29)13-21(33)27-8-10-31-11-9-27)12-18(17)28(26)14-16-4-2-3-5-20(16)32-23(24)25/h2-7,12,23H,8-11,13-14H2,1H3. The maximum absolute atomic E-state index is 12.9. The van der Waals surface area contributed by atoms with Gasteiger partial charge in [0.25, 0.3) is 5.56 Å². The first kappa shape index (κ1) is 23.1. The average molecular weight is 476 g/mol. The van der Waals surface area contributed by atoms with Gasteiger partial charge in [0, 0.05) is 31.3 Å². The van der Waals surface area contributed by atoms with Gasteiger partial charge in [0.05, 0.1) is 42.1 Å². The Bertz CT molecular complexity index is 1250. The molecule has 0 saturated carbocycles. The van der Waals surface area contributed by atoms with Gasteiger partial charge >= 0.3 is 6.61 Å². The number of fused-ring (bicyclic) bond motifs is 1. The van der Waals surface area contributed by atoms with Crippen molar-refractivity contribution in [2.24, 2.45) is 7.05 Å². The monoisotopic (exact) mass is 475 g/mol. The number of ketones is 1. The number of morpholine rings is 1. The van der Waals surface area contributed by atoms with Gasteiger partial charge in [-0.2, -0.15) is 8.78 Å². The van der Waals surface area contributed by atoms with Gasteiger partial charge in [0.2, 0.25) is 0 Å². The van der Waals surface area contributed by atoms with Crippen molar-refractivity contribution in [1.29, 1.82) is 0 Å². The SMILES string of the molecule is Cn1c(=O)c2ccc(C(=O)CC(=S)N3CCOCC3)cc2n1Cc1ccccc1OC(F)F. The normalized spacial score (nSPS) is 14.1. The van der Waals surface area contributed by atoms with E-state index in [9.17, 15) is 18.4 Å². The molecule has 0 spiro atoms. The molecule has 0 bridgehead atoms. The first-order chi connectivity index (χ1) is 15.8. The van der Waals surface area contributed by atoms with Crippen LogP contribution in [0.1, 0.15) is 22.3 Å². The Balaban J connectivity index is 1.64. The number of carbonyl (C=O) groups is 1. The Kier molecular flexibility index (Phi) is 6.85. The second-order valence-electron chi connectivity index (χ2n) is 7.70. The van der Waals surface area contributed by atoms with E-state index in [2.05, 4.69) is 4.74 Å². The molecule has 0 atom stereocenters. The number of rotatable bonds is 7. The second-order valence-corrected chi connectivity index (χ2v) is 8.17. The van der Waals surface area contributed by atoms with Crippen molar-refractivity contribution in [2.75, 3.05) is 26.3 Å². The molecule has 4 rings (SSSR count). The van der Waals surface area contributed by atoms with Crippen LogP contribution in [0.2, 0.25) is 0 Å². The summed E-state index contributed by atoms with van der Waals surface area (Å²) in [4.78, 5) is 28.2. The van der Waals surface area contributed by atoms with Gasteiger partial charge < -0.3 is 14.4 Å². The Labute approximate surface area is 194 Å². The molecule has 0 amide bonds. The predicted octanol–water partition coefficient (Wildman–Crippen LogP) is 3.22. The third-order valence-corrected chi connectivity index (χ3v) is 6.07. The van der Waals surface area contributed by atoms with Crippen molar-refractivity contribution in [3.8, 4) is 5.75 Å². The lowest BCUT2D eigenvalue weighted by atomic mass is 10.1. The highest BCUT2D eigenvalue weighted by Crippen LogP contribution is 2.23. The highest BCUT2D eigenvalue weighted by Gasteiger charge is 2.20. The first-order valence-electron chi connectivity index (χ1n) is 10.5. The number of para-hydroxylation sites is 1. The number of Topliss-reactive ketones (excluding diaryl/α,β-unsaturated/α-hetero) is 1. The molecule has 0 unspecified atom stereocenters. The van der Waals surface area contributed by atoms with Crippen molar-refractivity contribution in [2.45, 2.75) is 19.6 Å². The van der Waals surface area contributed by atoms with Crippen LogP contribution in [0.25, 0.3) is 10.9 Å². The zero-order chi connectivity index (χ0) is 23.5. The average Bonchev–Trinajstić information content (AvgIpc) is 3.04. The van der Waals surface area contributed by atoms with Crippen molar-refractivity contribution in [3.05, 3.63) is 63.9 Å². The lowest BCUT2D eigenvalue weighted by Crippen LogP contribution is -2.40. The summed E-state index contributed by atoms with van der Waals surface area (Å²) in [7, 11) is 1.59. The van der Waals surface area contributed by atoms with Gasteiger partial charge in [0.15, 0.2) is 5.78 Å². The van der Waals surface area contributed by atoms with Gasteiger partial charge in [-0.3, -0.25) is 19.0 Å². The quantitative estimate of drug-likeness (QED) is 0.386. The topological polar surface area (TPSA) is 65.7 Å². The minimum Gasteiger partial charge on any atom is -0.434 e. The van der Waals surface area contributed by atoms with E-state index in [1.54, 1.807) is 48.1 Å². The molecule has 1 aliphatic rings. The highest BCUT2D eigenvalue weighted by molar-refractivity contribution is 7.80. The summed E-state index contributed by atoms with van der Waals surface area (Å²) < 4.78 is 38.6. The first-order valence-corrected chi connectivity index (χ1v) is 10.9. The molecule has 1 saturated heterocycles. The molecule has 33 heavy (non-hydrogen) atoms. The lowest BCUT2D eigenvalue weighted by Gasteiger charge is -2.28. The van der Waals surface area contributed by atoms with Crippen molar-refractivity contribution in [1.82, 2.24) is 14.3 Å². The van der Waals surface area contributed by atoms with Gasteiger partial charge in [-0.05, 0) is 18.2 Å². The van der Waals surface area contributed by atoms with E-state index in [0.717, 1.165) is 0 Å². The third-order valence-electron chi connectivity index (χ3n) is 5.67. The number of ether oxygens (including phenoxy) is 2. The third kappa shape index (κ3) is 4.96. The summed E-state index contributed by atoms with van der Waals surface area (Å²) in [6, 6.07) is 11.3. The number of halogens is 2. The molecule has 2 heterocycles. The number of benzene rings is 2. The zero-order valence-electron chi connectivity index (χ0n) is 18.0. The Hall–Kier alpha value is -3.11. The number of aromatic nitrogens is 2. The van der Waals surface area contributed by atoms with E-state index in [1.807, 2.05) is 4.90 Å². The molecule has 0 N–H and O–H groups in total. The van der Waals surface area contributed by atoms with Crippen molar-refractivity contribution in [3.63, 3.8) is 0 Å². The van der Waals surface area contributed by atoms with Crippen molar-refractivity contribution >= 4 is 33.9 Å². The summed E-state index contributed by atoms with van der Waals surface area (Å²) in [6.07, 6.45) is 0.0863. The summed E-state index contributed by atoms with van der Waals surface area (Å²) >= 11 is 5.45. The van der Waals surface area contributed by atoms with E-state index in [4.69, 9.17) is 17.0 Å². The molecule has 1 aliphatic heterocycles. The molecule has 2 aromatic carbocycles. The number of hydrogen-bond donors (Lipinski definition) is 0. The van der Waals surface area contributed by atoms with Crippen LogP contribution in [-0.4, -0.2) is 58.0 Å². The van der Waals surface area contributed by atoms with Gasteiger partial charge in [-0.15, -0.1) is 0 Å². The largest absolute Gasteiger partial charge is 0.434 e. The Morgan fingerprint density at radius 3 is 2.64 bits per heavy atom. The fourth-order valence-electron chi connectivity index (χ4n) is 3.91. The predicted molar refractivity (Wildman–Crippen MR) is 123 cm³/mol. The molecule has 1 aromatic heterocycles. The summed E-state index contributed by atoms with van der Waals surface area (Å²) in [5, 5.41) is 0.428. The van der Waals surface area contributed by atoms with Crippen LogP contribution in [0.3, 0.4) is 0 Å². The van der Waals surface area contributed by atoms with Crippen LogP contribution in [0.5, 0.6) is 5.75 Å². The van der Waals surface area contributed by atoms with Crippen LogP contribution in [0.4, 0.5) is 8.78 Å². The second kappa shape index (κ2) is 9.80. The van der Waals surface area contributed by atoms with E-state index in [-0.39, 0.29) is 30.1 Å². The van der Waals surface area contributed by atoms with Gasteiger partial charge in [-0.25, -0.2) is 0 Å². The molecule has 0 radical (unpaired) electrons. The van der Waals surface area contributed by atoms with Gasteiger partial charge in [-0.1, -0.05) is 36.5 Å². The van der Waals surface area contributed by atoms with Crippen molar-refractivity contribution < 1.29 is 23.0 Å². The Morgan fingerprint density at radius 1 is 1.18 bits per heavy atom. The molecule has 174 valence electrons. The minimum absolute atomic E-state index is 0.0323. The van der Waals surface area contributed by atoms with E-state index >= 15 is 0 Å². The van der Waals surface area contributed by atoms with Crippen LogP contribution in [0.15, 0.2) is 47.3 Å². The zero-order valence-corrected chi connectivity index (χ0v) is 18.8. The molecule has 3 aromatic rings. The molecule has 10 heteroatoms. The van der Waals surface area contributed by atoms with Gasteiger partial charge in [0.1, 0.15) is 5.75 Å². The van der Waals surface area contributed by atoms with E-state index < -0.39 is 6.61 Å². The lowest BCUT2D eigenvalue weighted by molar-refractivity contribution is -0.0505. The van der Waals surface area contributed by atoms with Crippen LogP contribution in [0, 0.1) is 0 Å². The number of carbonyl (C=O) groups excluding carboxylic acids is 1. The maximum atomic E-state index is 12.9. The summed E-state index contributed by atoms with van der Waals surface area (Å²) in [5.74, 6) is -0.123. The summed E-state index contributed by atoms with van der Waals surface area (Å²) in [6.45, 7) is -0.383. The molecule has 7 nitrogen and oxygen atoms in total. The molecular weight excluding hydrogens is 452 g/mol. The molecular formula is C23H23F2N3O4S. The van der Waals surface area contributed by atoms with Crippen LogP contribution >= 0.6 is 12.2 Å². The molecule has 1 fully saturated rings. The number of nitrogens with zero attached hydrogens (tertiary/aromatic N) is 3. The fraction of sp³-hybridized carbons (Fsp3) is 0.348. The minimum atomic E-state index is -2.96. The number of alkyl halides is 2. The van der Waals surface area contributed by atoms with E-state index in [1.165, 1.54) is 10.7 Å². The number of thiocarbonyl (C=S) groups is 1.